The summed E-state index contributed by atoms with van der Waals surface area (Å²) in [6.07, 6.45) is 1.76. The van der Waals surface area contributed by atoms with Gasteiger partial charge in [-0.05, 0) is 68.5 Å². The molecule has 0 spiro atoms. The lowest BCUT2D eigenvalue weighted by Gasteiger charge is -2.17. The molecule has 0 aliphatic carbocycles. The highest BCUT2D eigenvalue weighted by Crippen LogP contribution is 2.27. The van der Waals surface area contributed by atoms with Gasteiger partial charge in [-0.3, -0.25) is 0 Å². The summed E-state index contributed by atoms with van der Waals surface area (Å²) >= 11 is 0. The SMILES string of the molecule is Cc1cc(C#N)cc(CCCc2cc(C#N)cc(C)c2O)c1[O-]. The summed E-state index contributed by atoms with van der Waals surface area (Å²) in [4.78, 5) is 0. The summed E-state index contributed by atoms with van der Waals surface area (Å²) in [5, 5.41) is 40.2. The normalized spacial score (nSPS) is 10.1. The first kappa shape index (κ1) is 16.4. The van der Waals surface area contributed by atoms with Gasteiger partial charge in [0.25, 0.3) is 0 Å². The van der Waals surface area contributed by atoms with Gasteiger partial charge in [0.05, 0.1) is 23.3 Å². The molecule has 0 fully saturated rings. The molecular weight excluding hydrogens is 288 g/mol. The van der Waals surface area contributed by atoms with Gasteiger partial charge in [0.2, 0.25) is 0 Å². The molecule has 0 aliphatic rings. The van der Waals surface area contributed by atoms with E-state index >= 15 is 0 Å². The molecule has 23 heavy (non-hydrogen) atoms. The van der Waals surface area contributed by atoms with Crippen molar-refractivity contribution in [3.05, 3.63) is 57.6 Å². The highest BCUT2D eigenvalue weighted by Gasteiger charge is 2.08. The van der Waals surface area contributed by atoms with E-state index in [0.29, 0.717) is 52.6 Å². The highest BCUT2D eigenvalue weighted by atomic mass is 16.3. The molecule has 2 aromatic carbocycles. The van der Waals surface area contributed by atoms with Crippen molar-refractivity contribution in [1.29, 1.82) is 10.5 Å². The number of benzene rings is 2. The van der Waals surface area contributed by atoms with Gasteiger partial charge in [-0.25, -0.2) is 0 Å². The summed E-state index contributed by atoms with van der Waals surface area (Å²) in [6.45, 7) is 3.47. The first-order valence-electron chi connectivity index (χ1n) is 7.39. The molecule has 0 atom stereocenters. The molecule has 0 unspecified atom stereocenters. The highest BCUT2D eigenvalue weighted by molar-refractivity contribution is 5.48. The zero-order valence-corrected chi connectivity index (χ0v) is 13.2. The van der Waals surface area contributed by atoms with Crippen LogP contribution in [0.2, 0.25) is 0 Å². The second-order valence-electron chi connectivity index (χ2n) is 5.66. The van der Waals surface area contributed by atoms with Crippen molar-refractivity contribution in [3.63, 3.8) is 0 Å². The number of hydrogen-bond donors (Lipinski definition) is 1. The number of phenols is 1. The van der Waals surface area contributed by atoms with Gasteiger partial charge in [0.1, 0.15) is 5.75 Å². The Morgan fingerprint density at radius 2 is 1.43 bits per heavy atom. The van der Waals surface area contributed by atoms with Gasteiger partial charge in [0.15, 0.2) is 0 Å². The molecule has 1 N–H and O–H groups in total. The molecule has 2 rings (SSSR count). The second kappa shape index (κ2) is 6.85. The molecule has 0 bridgehead atoms. The van der Waals surface area contributed by atoms with Crippen LogP contribution in [0.4, 0.5) is 0 Å². The first-order chi connectivity index (χ1) is 11.0. The number of aromatic hydroxyl groups is 1. The van der Waals surface area contributed by atoms with Crippen molar-refractivity contribution in [3.8, 4) is 23.6 Å². The molecule has 0 radical (unpaired) electrons. The third kappa shape index (κ3) is 3.62. The lowest BCUT2D eigenvalue weighted by molar-refractivity contribution is -0.270. The zero-order valence-electron chi connectivity index (χ0n) is 13.2. The predicted octanol–water partition coefficient (Wildman–Crippen LogP) is 3.00. The van der Waals surface area contributed by atoms with Crippen LogP contribution in [0.15, 0.2) is 24.3 Å². The molecule has 0 aliphatic heterocycles. The van der Waals surface area contributed by atoms with E-state index in [1.807, 2.05) is 0 Å². The summed E-state index contributed by atoms with van der Waals surface area (Å²) in [6, 6.07) is 10.7. The monoisotopic (exact) mass is 305 g/mol. The van der Waals surface area contributed by atoms with E-state index in [0.717, 1.165) is 0 Å². The Hall–Kier alpha value is -2.98. The minimum Gasteiger partial charge on any atom is -0.872 e. The molecule has 0 saturated carbocycles. The van der Waals surface area contributed by atoms with Crippen molar-refractivity contribution in [1.82, 2.24) is 0 Å². The standard InChI is InChI=1S/C19H18N2O2/c1-12-6-14(10-20)8-16(18(12)22)4-3-5-17-9-15(11-21)7-13(2)19(17)23/h6-9,22-23H,3-5H2,1-2H3/p-1. The van der Waals surface area contributed by atoms with E-state index in [1.54, 1.807) is 38.1 Å². The lowest BCUT2D eigenvalue weighted by atomic mass is 9.97. The number of hydrogen-bond acceptors (Lipinski definition) is 4. The average molecular weight is 305 g/mol. The molecule has 4 nitrogen and oxygen atoms in total. The minimum absolute atomic E-state index is 0.0322. The summed E-state index contributed by atoms with van der Waals surface area (Å²) in [7, 11) is 0. The van der Waals surface area contributed by atoms with Crippen molar-refractivity contribution in [2.24, 2.45) is 0 Å². The Morgan fingerprint density at radius 1 is 0.913 bits per heavy atom. The van der Waals surface area contributed by atoms with Gasteiger partial charge < -0.3 is 10.2 Å². The van der Waals surface area contributed by atoms with Gasteiger partial charge >= 0.3 is 0 Å². The number of rotatable bonds is 4. The fraction of sp³-hybridized carbons (Fsp3) is 0.263. The molecule has 2 aromatic rings. The predicted molar refractivity (Wildman–Crippen MR) is 84.9 cm³/mol. The maximum absolute atomic E-state index is 12.1. The largest absolute Gasteiger partial charge is 0.872 e. The van der Waals surface area contributed by atoms with E-state index in [9.17, 15) is 10.2 Å². The van der Waals surface area contributed by atoms with Crippen LogP contribution in [0, 0.1) is 36.5 Å². The topological polar surface area (TPSA) is 90.9 Å². The van der Waals surface area contributed by atoms with Crippen LogP contribution in [0.5, 0.6) is 11.5 Å². The van der Waals surface area contributed by atoms with Crippen molar-refractivity contribution >= 4 is 0 Å². The number of nitriles is 2. The number of aryl methyl sites for hydroxylation is 4. The summed E-state index contributed by atoms with van der Waals surface area (Å²) in [5.41, 5.74) is 3.58. The third-order valence-electron chi connectivity index (χ3n) is 3.88. The van der Waals surface area contributed by atoms with Crippen LogP contribution >= 0.6 is 0 Å². The Labute approximate surface area is 135 Å². The van der Waals surface area contributed by atoms with E-state index in [2.05, 4.69) is 12.1 Å². The smallest absolute Gasteiger partial charge is 0.121 e. The molecule has 0 heterocycles. The minimum atomic E-state index is -0.0322. The Balaban J connectivity index is 2.15. The molecule has 4 heteroatoms. The van der Waals surface area contributed by atoms with E-state index in [4.69, 9.17) is 10.5 Å². The quantitative estimate of drug-likeness (QED) is 0.940. The van der Waals surface area contributed by atoms with Crippen LogP contribution in [-0.2, 0) is 12.8 Å². The van der Waals surface area contributed by atoms with Gasteiger partial charge in [-0.15, -0.1) is 5.75 Å². The first-order valence-corrected chi connectivity index (χ1v) is 7.39. The van der Waals surface area contributed by atoms with Crippen LogP contribution in [0.3, 0.4) is 0 Å². The van der Waals surface area contributed by atoms with Crippen LogP contribution in [-0.4, -0.2) is 5.11 Å². The van der Waals surface area contributed by atoms with Crippen molar-refractivity contribution < 1.29 is 10.2 Å². The molecular formula is C19H17N2O2-. The van der Waals surface area contributed by atoms with E-state index in [-0.39, 0.29) is 11.5 Å². The summed E-state index contributed by atoms with van der Waals surface area (Å²) < 4.78 is 0. The van der Waals surface area contributed by atoms with Gasteiger partial charge in [0, 0.05) is 0 Å². The Bertz CT molecular complexity index is 757. The maximum Gasteiger partial charge on any atom is 0.121 e. The van der Waals surface area contributed by atoms with Gasteiger partial charge in [-0.1, -0.05) is 11.1 Å². The third-order valence-corrected chi connectivity index (χ3v) is 3.88. The molecule has 116 valence electrons. The molecule has 0 aromatic heterocycles. The van der Waals surface area contributed by atoms with Crippen molar-refractivity contribution in [2.75, 3.05) is 0 Å². The fourth-order valence-electron chi connectivity index (χ4n) is 2.67. The Morgan fingerprint density at radius 3 is 2.04 bits per heavy atom. The second-order valence-corrected chi connectivity index (χ2v) is 5.66. The van der Waals surface area contributed by atoms with E-state index < -0.39 is 0 Å². The lowest BCUT2D eigenvalue weighted by Crippen LogP contribution is -2.02. The summed E-state index contributed by atoms with van der Waals surface area (Å²) in [5.74, 6) is 0.170. The van der Waals surface area contributed by atoms with Crippen LogP contribution < -0.4 is 5.11 Å². The average Bonchev–Trinajstić information content (AvgIpc) is 2.54. The fourth-order valence-corrected chi connectivity index (χ4v) is 2.67. The number of nitrogens with zero attached hydrogens (tertiary/aromatic N) is 2. The van der Waals surface area contributed by atoms with Crippen molar-refractivity contribution in [2.45, 2.75) is 33.1 Å². The Kier molecular flexibility index (Phi) is 4.88. The zero-order chi connectivity index (χ0) is 17.0. The number of phenolic OH excluding ortho intramolecular Hbond substituents is 1. The molecule has 0 saturated heterocycles. The molecule has 0 amide bonds. The van der Waals surface area contributed by atoms with Crippen LogP contribution in [0.25, 0.3) is 0 Å². The van der Waals surface area contributed by atoms with Gasteiger partial charge in [-0.2, -0.15) is 10.5 Å². The maximum atomic E-state index is 12.1. The van der Waals surface area contributed by atoms with E-state index in [1.165, 1.54) is 0 Å². The van der Waals surface area contributed by atoms with Crippen LogP contribution in [0.1, 0.15) is 39.8 Å².